The van der Waals surface area contributed by atoms with E-state index in [1.54, 1.807) is 7.11 Å². The van der Waals surface area contributed by atoms with Crippen LogP contribution < -0.4 is 4.74 Å². The molecule has 146 valence electrons. The van der Waals surface area contributed by atoms with Crippen LogP contribution in [0.15, 0.2) is 48.5 Å². The van der Waals surface area contributed by atoms with Gasteiger partial charge in [0.05, 0.1) is 7.11 Å². The van der Waals surface area contributed by atoms with E-state index < -0.39 is 5.60 Å². The van der Waals surface area contributed by atoms with Gasteiger partial charge < -0.3 is 14.5 Å². The fourth-order valence-electron chi connectivity index (χ4n) is 3.89. The van der Waals surface area contributed by atoms with Gasteiger partial charge >= 0.3 is 6.09 Å². The first kappa shape index (κ1) is 18.4. The summed E-state index contributed by atoms with van der Waals surface area (Å²) in [6.07, 6.45) is 0.503. The standard InChI is InChI=1S/C23H26N2O3/c1-23(2,3)28-22(26)25-14-13-18-17-7-5-6-8-19(17)24-20(18)21(25)15-9-11-16(27-4)12-10-15/h5-12,21,24H,13-14H2,1-4H3/t21-/m0/s1. The number of aromatic amines is 1. The van der Waals surface area contributed by atoms with Crippen LogP contribution in [-0.2, 0) is 11.2 Å². The molecule has 1 atom stereocenters. The molecule has 1 aliphatic heterocycles. The molecule has 5 nitrogen and oxygen atoms in total. The largest absolute Gasteiger partial charge is 0.497 e. The zero-order valence-corrected chi connectivity index (χ0v) is 16.8. The van der Waals surface area contributed by atoms with Crippen LogP contribution in [0.25, 0.3) is 10.9 Å². The van der Waals surface area contributed by atoms with E-state index in [9.17, 15) is 4.79 Å². The van der Waals surface area contributed by atoms with E-state index in [1.807, 2.05) is 56.0 Å². The lowest BCUT2D eigenvalue weighted by molar-refractivity contribution is 0.0175. The first-order valence-electron chi connectivity index (χ1n) is 9.60. The fourth-order valence-corrected chi connectivity index (χ4v) is 3.89. The van der Waals surface area contributed by atoms with Gasteiger partial charge in [0.1, 0.15) is 17.4 Å². The summed E-state index contributed by atoms with van der Waals surface area (Å²) in [5, 5.41) is 1.22. The Balaban J connectivity index is 1.82. The van der Waals surface area contributed by atoms with Gasteiger partial charge in [0.2, 0.25) is 0 Å². The number of benzene rings is 2. The van der Waals surface area contributed by atoms with Gasteiger partial charge in [0, 0.05) is 23.1 Å². The first-order valence-corrected chi connectivity index (χ1v) is 9.60. The van der Waals surface area contributed by atoms with Crippen molar-refractivity contribution in [2.24, 2.45) is 0 Å². The third kappa shape index (κ3) is 3.33. The number of carbonyl (C=O) groups excluding carboxylic acids is 1. The number of ether oxygens (including phenoxy) is 2. The predicted molar refractivity (Wildman–Crippen MR) is 110 cm³/mol. The Morgan fingerprint density at radius 3 is 2.50 bits per heavy atom. The van der Waals surface area contributed by atoms with Gasteiger partial charge in [-0.2, -0.15) is 0 Å². The second kappa shape index (κ2) is 6.89. The topological polar surface area (TPSA) is 54.6 Å². The molecule has 0 aliphatic carbocycles. The Bertz CT molecular complexity index is 999. The summed E-state index contributed by atoms with van der Waals surface area (Å²) in [4.78, 5) is 18.4. The van der Waals surface area contributed by atoms with Crippen molar-refractivity contribution in [3.63, 3.8) is 0 Å². The van der Waals surface area contributed by atoms with Crippen LogP contribution in [0.5, 0.6) is 5.75 Å². The van der Waals surface area contributed by atoms with E-state index in [0.29, 0.717) is 6.54 Å². The summed E-state index contributed by atoms with van der Waals surface area (Å²) in [5.74, 6) is 0.792. The van der Waals surface area contributed by atoms with Crippen molar-refractivity contribution in [1.29, 1.82) is 0 Å². The number of amides is 1. The van der Waals surface area contributed by atoms with Crippen LogP contribution in [0.4, 0.5) is 4.79 Å². The smallest absolute Gasteiger partial charge is 0.411 e. The van der Waals surface area contributed by atoms with Crippen LogP contribution in [0.3, 0.4) is 0 Å². The molecule has 1 aliphatic rings. The summed E-state index contributed by atoms with van der Waals surface area (Å²) in [5.41, 5.74) is 3.92. The molecule has 0 bridgehead atoms. The van der Waals surface area contributed by atoms with E-state index in [1.165, 1.54) is 10.9 Å². The predicted octanol–water partition coefficient (Wildman–Crippen LogP) is 5.06. The number of methoxy groups -OCH3 is 1. The van der Waals surface area contributed by atoms with Gasteiger partial charge in [-0.25, -0.2) is 4.79 Å². The highest BCUT2D eigenvalue weighted by molar-refractivity contribution is 5.86. The highest BCUT2D eigenvalue weighted by atomic mass is 16.6. The molecule has 0 radical (unpaired) electrons. The molecule has 3 aromatic rings. The molecule has 1 amide bonds. The maximum absolute atomic E-state index is 13.0. The number of fused-ring (bicyclic) bond motifs is 3. The van der Waals surface area contributed by atoms with Gasteiger partial charge in [-0.05, 0) is 56.5 Å². The van der Waals surface area contributed by atoms with Gasteiger partial charge in [0.25, 0.3) is 0 Å². The van der Waals surface area contributed by atoms with Gasteiger partial charge in [-0.15, -0.1) is 0 Å². The Morgan fingerprint density at radius 2 is 1.82 bits per heavy atom. The van der Waals surface area contributed by atoms with E-state index in [4.69, 9.17) is 9.47 Å². The average Bonchev–Trinajstić information content (AvgIpc) is 3.04. The lowest BCUT2D eigenvalue weighted by Crippen LogP contribution is -2.43. The number of nitrogens with zero attached hydrogens (tertiary/aromatic N) is 1. The van der Waals surface area contributed by atoms with E-state index in [0.717, 1.165) is 28.9 Å². The molecule has 2 heterocycles. The van der Waals surface area contributed by atoms with Crippen LogP contribution in [0, 0.1) is 0 Å². The number of rotatable bonds is 2. The summed E-state index contributed by atoms with van der Waals surface area (Å²) in [6, 6.07) is 16.0. The number of H-pyrrole nitrogens is 1. The lowest BCUT2D eigenvalue weighted by Gasteiger charge is -2.37. The quantitative estimate of drug-likeness (QED) is 0.678. The van der Waals surface area contributed by atoms with E-state index in [-0.39, 0.29) is 12.1 Å². The summed E-state index contributed by atoms with van der Waals surface area (Å²) >= 11 is 0. The molecular weight excluding hydrogens is 352 g/mol. The second-order valence-corrected chi connectivity index (χ2v) is 8.16. The molecular formula is C23H26N2O3. The molecule has 28 heavy (non-hydrogen) atoms. The number of para-hydroxylation sites is 1. The van der Waals surface area contributed by atoms with Crippen LogP contribution >= 0.6 is 0 Å². The number of hydrogen-bond donors (Lipinski definition) is 1. The normalized spacial score (nSPS) is 16.7. The van der Waals surface area contributed by atoms with Crippen molar-refractivity contribution < 1.29 is 14.3 Å². The SMILES string of the molecule is COc1ccc([C@H]2c3[nH]c4ccccc4c3CCN2C(=O)OC(C)(C)C)cc1. The zero-order chi connectivity index (χ0) is 19.9. The number of aromatic nitrogens is 1. The number of nitrogens with one attached hydrogen (secondary N) is 1. The molecule has 5 heteroatoms. The van der Waals surface area contributed by atoms with Crippen molar-refractivity contribution in [2.75, 3.05) is 13.7 Å². The minimum Gasteiger partial charge on any atom is -0.497 e. The molecule has 4 rings (SSSR count). The van der Waals surface area contributed by atoms with Crippen molar-refractivity contribution in [1.82, 2.24) is 9.88 Å². The third-order valence-electron chi connectivity index (χ3n) is 5.09. The minimum absolute atomic E-state index is 0.225. The lowest BCUT2D eigenvalue weighted by atomic mass is 9.92. The van der Waals surface area contributed by atoms with Crippen LogP contribution in [0.2, 0.25) is 0 Å². The van der Waals surface area contributed by atoms with E-state index in [2.05, 4.69) is 23.2 Å². The van der Waals surface area contributed by atoms with Crippen molar-refractivity contribution in [3.8, 4) is 5.75 Å². The molecule has 0 fully saturated rings. The second-order valence-electron chi connectivity index (χ2n) is 8.16. The number of hydrogen-bond acceptors (Lipinski definition) is 3. The van der Waals surface area contributed by atoms with E-state index >= 15 is 0 Å². The highest BCUT2D eigenvalue weighted by Gasteiger charge is 2.36. The van der Waals surface area contributed by atoms with Crippen LogP contribution in [0.1, 0.15) is 43.6 Å². The van der Waals surface area contributed by atoms with Gasteiger partial charge in [0.15, 0.2) is 0 Å². The summed E-state index contributed by atoms with van der Waals surface area (Å²) in [7, 11) is 1.65. The van der Waals surface area contributed by atoms with Crippen LogP contribution in [-0.4, -0.2) is 35.2 Å². The molecule has 1 N–H and O–H groups in total. The zero-order valence-electron chi connectivity index (χ0n) is 16.8. The Kier molecular flexibility index (Phi) is 4.53. The molecule has 0 saturated carbocycles. The first-order chi connectivity index (χ1) is 13.4. The average molecular weight is 378 g/mol. The van der Waals surface area contributed by atoms with Crippen molar-refractivity contribution in [2.45, 2.75) is 38.8 Å². The Morgan fingerprint density at radius 1 is 1.11 bits per heavy atom. The van der Waals surface area contributed by atoms with Gasteiger partial charge in [-0.3, -0.25) is 4.90 Å². The van der Waals surface area contributed by atoms with Crippen molar-refractivity contribution >= 4 is 17.0 Å². The highest BCUT2D eigenvalue weighted by Crippen LogP contribution is 2.39. The van der Waals surface area contributed by atoms with Crippen molar-refractivity contribution in [3.05, 3.63) is 65.4 Å². The maximum Gasteiger partial charge on any atom is 0.411 e. The minimum atomic E-state index is -0.539. The number of carbonyl (C=O) groups is 1. The third-order valence-corrected chi connectivity index (χ3v) is 5.09. The fraction of sp³-hybridized carbons (Fsp3) is 0.348. The molecule has 0 unspecified atom stereocenters. The molecule has 0 saturated heterocycles. The summed E-state index contributed by atoms with van der Waals surface area (Å²) in [6.45, 7) is 6.29. The summed E-state index contributed by atoms with van der Waals surface area (Å²) < 4.78 is 11.0. The Hall–Kier alpha value is -2.95. The molecule has 2 aromatic carbocycles. The Labute approximate surface area is 165 Å². The molecule has 0 spiro atoms. The van der Waals surface area contributed by atoms with Gasteiger partial charge in [-0.1, -0.05) is 30.3 Å². The monoisotopic (exact) mass is 378 g/mol. The maximum atomic E-state index is 13.0. The molecule has 1 aromatic heterocycles.